The van der Waals surface area contributed by atoms with Gasteiger partial charge >= 0.3 is 6.18 Å². The highest BCUT2D eigenvalue weighted by Crippen LogP contribution is 2.37. The zero-order valence-electron chi connectivity index (χ0n) is 19.2. The standard InChI is InChI=1S/C24H26ClF3N4O2/c1-14-8-21(25)29-20-6-7-31(13-18(14)20)22(33)9-15-11-32(12-15)16-4-5-17(23(34)30(2)3)19(10-16)24(26,27)28/h4-5,8,10,15H,6-7,9,11-13H2,1-3H3. The van der Waals surface area contributed by atoms with E-state index in [0.717, 1.165) is 27.8 Å². The van der Waals surface area contributed by atoms with E-state index < -0.39 is 17.6 Å². The van der Waals surface area contributed by atoms with Crippen LogP contribution >= 0.6 is 11.6 Å². The molecular formula is C24H26ClF3N4O2. The molecule has 1 aromatic heterocycles. The van der Waals surface area contributed by atoms with E-state index in [2.05, 4.69) is 4.98 Å². The summed E-state index contributed by atoms with van der Waals surface area (Å²) < 4.78 is 40.8. The van der Waals surface area contributed by atoms with Gasteiger partial charge in [-0.05, 0) is 42.3 Å². The fourth-order valence-electron chi connectivity index (χ4n) is 4.55. The van der Waals surface area contributed by atoms with Crippen molar-refractivity contribution in [3.05, 3.63) is 57.4 Å². The van der Waals surface area contributed by atoms with E-state index in [4.69, 9.17) is 11.6 Å². The number of rotatable bonds is 4. The number of hydrogen-bond acceptors (Lipinski definition) is 4. The first kappa shape index (κ1) is 24.3. The fraction of sp³-hybridized carbons (Fsp3) is 0.458. The number of halogens is 4. The van der Waals surface area contributed by atoms with Gasteiger partial charge in [-0.3, -0.25) is 9.59 Å². The van der Waals surface area contributed by atoms with E-state index in [1.165, 1.54) is 26.2 Å². The van der Waals surface area contributed by atoms with Crippen molar-refractivity contribution >= 4 is 29.1 Å². The van der Waals surface area contributed by atoms with Crippen LogP contribution in [0.5, 0.6) is 0 Å². The van der Waals surface area contributed by atoms with Gasteiger partial charge in [-0.1, -0.05) is 11.6 Å². The number of amides is 2. The summed E-state index contributed by atoms with van der Waals surface area (Å²) in [6, 6.07) is 5.58. The highest BCUT2D eigenvalue weighted by Gasteiger charge is 2.38. The molecule has 2 aromatic rings. The highest BCUT2D eigenvalue weighted by atomic mass is 35.5. The predicted octanol–water partition coefficient (Wildman–Crippen LogP) is 4.18. The van der Waals surface area contributed by atoms with Crippen molar-refractivity contribution in [3.8, 4) is 0 Å². The minimum absolute atomic E-state index is 0.0348. The van der Waals surface area contributed by atoms with E-state index in [-0.39, 0.29) is 17.4 Å². The second kappa shape index (κ2) is 9.09. The lowest BCUT2D eigenvalue weighted by atomic mass is 9.93. The summed E-state index contributed by atoms with van der Waals surface area (Å²) in [6.07, 6.45) is -3.65. The van der Waals surface area contributed by atoms with Gasteiger partial charge in [0.2, 0.25) is 5.91 Å². The molecule has 0 radical (unpaired) electrons. The maximum Gasteiger partial charge on any atom is 0.417 e. The zero-order valence-corrected chi connectivity index (χ0v) is 20.0. The highest BCUT2D eigenvalue weighted by molar-refractivity contribution is 6.29. The Labute approximate surface area is 201 Å². The summed E-state index contributed by atoms with van der Waals surface area (Å²) >= 11 is 6.04. The maximum atomic E-state index is 13.6. The summed E-state index contributed by atoms with van der Waals surface area (Å²) in [5.74, 6) is -0.593. The van der Waals surface area contributed by atoms with Crippen molar-refractivity contribution in [1.82, 2.24) is 14.8 Å². The molecule has 34 heavy (non-hydrogen) atoms. The first-order valence-corrected chi connectivity index (χ1v) is 11.4. The Kier molecular flexibility index (Phi) is 6.50. The number of anilines is 1. The van der Waals surface area contributed by atoms with Crippen molar-refractivity contribution in [1.29, 1.82) is 0 Å². The lowest BCUT2D eigenvalue weighted by molar-refractivity contribution is -0.138. The second-order valence-corrected chi connectivity index (χ2v) is 9.54. The predicted molar refractivity (Wildman–Crippen MR) is 123 cm³/mol. The summed E-state index contributed by atoms with van der Waals surface area (Å²) in [5, 5.41) is 0.457. The molecule has 0 unspecified atom stereocenters. The average Bonchev–Trinajstić information content (AvgIpc) is 2.74. The summed E-state index contributed by atoms with van der Waals surface area (Å²) in [7, 11) is 2.84. The Morgan fingerprint density at radius 2 is 1.91 bits per heavy atom. The SMILES string of the molecule is Cc1cc(Cl)nc2c1CN(C(=O)CC1CN(c3ccc(C(=O)N(C)C)c(C(F)(F)F)c3)C1)CC2. The van der Waals surface area contributed by atoms with Crippen molar-refractivity contribution in [2.45, 2.75) is 32.5 Å². The van der Waals surface area contributed by atoms with E-state index in [0.29, 0.717) is 49.9 Å². The summed E-state index contributed by atoms with van der Waals surface area (Å²) in [5.41, 5.74) is 2.06. The lowest BCUT2D eigenvalue weighted by Crippen LogP contribution is -2.49. The number of nitrogens with zero attached hydrogens (tertiary/aromatic N) is 4. The van der Waals surface area contributed by atoms with Crippen molar-refractivity contribution in [3.63, 3.8) is 0 Å². The maximum absolute atomic E-state index is 13.6. The van der Waals surface area contributed by atoms with Crippen molar-refractivity contribution in [2.75, 3.05) is 38.6 Å². The Bertz CT molecular complexity index is 1130. The van der Waals surface area contributed by atoms with Crippen LogP contribution in [0.3, 0.4) is 0 Å². The van der Waals surface area contributed by atoms with Crippen LogP contribution in [0.1, 0.15) is 39.2 Å². The molecular weight excluding hydrogens is 469 g/mol. The molecule has 4 rings (SSSR count). The van der Waals surface area contributed by atoms with Crippen LogP contribution in [-0.4, -0.2) is 60.3 Å². The Morgan fingerprint density at radius 1 is 1.21 bits per heavy atom. The fourth-order valence-corrected chi connectivity index (χ4v) is 4.81. The molecule has 0 atom stereocenters. The number of fused-ring (bicyclic) bond motifs is 1. The molecule has 1 fully saturated rings. The molecule has 2 aliphatic heterocycles. The van der Waals surface area contributed by atoms with Crippen LogP contribution in [0.2, 0.25) is 5.15 Å². The molecule has 0 aliphatic carbocycles. The van der Waals surface area contributed by atoms with Crippen molar-refractivity contribution in [2.24, 2.45) is 5.92 Å². The van der Waals surface area contributed by atoms with E-state index >= 15 is 0 Å². The van der Waals surface area contributed by atoms with Crippen LogP contribution in [0, 0.1) is 12.8 Å². The molecule has 0 saturated carbocycles. The first-order valence-electron chi connectivity index (χ1n) is 11.0. The molecule has 1 saturated heterocycles. The minimum atomic E-state index is -4.64. The molecule has 0 N–H and O–H groups in total. The Hall–Kier alpha value is -2.81. The number of carbonyl (C=O) groups excluding carboxylic acids is 2. The number of aryl methyl sites for hydroxylation is 1. The third-order valence-corrected chi connectivity index (χ3v) is 6.65. The van der Waals surface area contributed by atoms with Gasteiger partial charge in [-0.15, -0.1) is 0 Å². The van der Waals surface area contributed by atoms with Gasteiger partial charge in [0.15, 0.2) is 0 Å². The third kappa shape index (κ3) is 4.85. The number of pyridine rings is 1. The van der Waals surface area contributed by atoms with Gasteiger partial charge in [-0.25, -0.2) is 4.98 Å². The zero-order chi connectivity index (χ0) is 24.8. The van der Waals surface area contributed by atoms with E-state index in [9.17, 15) is 22.8 Å². The summed E-state index contributed by atoms with van der Waals surface area (Å²) in [6.45, 7) is 4.01. The molecule has 0 bridgehead atoms. The van der Waals surface area contributed by atoms with E-state index in [1.807, 2.05) is 11.8 Å². The lowest BCUT2D eigenvalue weighted by Gasteiger charge is -2.42. The molecule has 2 aliphatic rings. The minimum Gasteiger partial charge on any atom is -0.371 e. The van der Waals surface area contributed by atoms with Gasteiger partial charge in [0, 0.05) is 70.4 Å². The Morgan fingerprint density at radius 3 is 2.56 bits per heavy atom. The third-order valence-electron chi connectivity index (χ3n) is 6.45. The average molecular weight is 495 g/mol. The van der Waals surface area contributed by atoms with Crippen LogP contribution in [-0.2, 0) is 23.9 Å². The first-order chi connectivity index (χ1) is 15.9. The molecule has 182 valence electrons. The molecule has 1 aromatic carbocycles. The van der Waals surface area contributed by atoms with Crippen LogP contribution < -0.4 is 4.90 Å². The van der Waals surface area contributed by atoms with E-state index in [1.54, 1.807) is 11.0 Å². The van der Waals surface area contributed by atoms with Crippen LogP contribution in [0.25, 0.3) is 0 Å². The number of hydrogen-bond donors (Lipinski definition) is 0. The van der Waals surface area contributed by atoms with Gasteiger partial charge in [0.25, 0.3) is 5.91 Å². The number of carbonyl (C=O) groups is 2. The van der Waals surface area contributed by atoms with Gasteiger partial charge in [0.05, 0.1) is 11.1 Å². The van der Waals surface area contributed by atoms with Gasteiger partial charge in [-0.2, -0.15) is 13.2 Å². The van der Waals surface area contributed by atoms with Crippen molar-refractivity contribution < 1.29 is 22.8 Å². The largest absolute Gasteiger partial charge is 0.417 e. The number of aromatic nitrogens is 1. The summed E-state index contributed by atoms with van der Waals surface area (Å²) in [4.78, 5) is 34.2. The Balaban J connectivity index is 1.39. The molecule has 2 amide bonds. The molecule has 0 spiro atoms. The van der Waals surface area contributed by atoms with Gasteiger partial charge in [0.1, 0.15) is 5.15 Å². The monoisotopic (exact) mass is 494 g/mol. The second-order valence-electron chi connectivity index (χ2n) is 9.15. The number of benzene rings is 1. The molecule has 6 nitrogen and oxygen atoms in total. The normalized spacial score (nSPS) is 16.2. The molecule has 10 heteroatoms. The van der Waals surface area contributed by atoms with Crippen LogP contribution in [0.15, 0.2) is 24.3 Å². The van der Waals surface area contributed by atoms with Gasteiger partial charge < -0.3 is 14.7 Å². The number of alkyl halides is 3. The molecule has 3 heterocycles. The van der Waals surface area contributed by atoms with Crippen LogP contribution in [0.4, 0.5) is 18.9 Å². The topological polar surface area (TPSA) is 56.8 Å². The smallest absolute Gasteiger partial charge is 0.371 e. The quantitative estimate of drug-likeness (QED) is 0.598.